The number of carbonyl (C=O) groups excluding carboxylic acids is 1. The molecule has 2 aromatic rings. The first-order valence-electron chi connectivity index (χ1n) is 7.48. The predicted octanol–water partition coefficient (Wildman–Crippen LogP) is 2.10. The van der Waals surface area contributed by atoms with Gasteiger partial charge < -0.3 is 20.7 Å². The summed E-state index contributed by atoms with van der Waals surface area (Å²) in [5.74, 6) is 0.777. The van der Waals surface area contributed by atoms with Crippen molar-refractivity contribution in [1.82, 2.24) is 20.6 Å². The number of anilines is 1. The summed E-state index contributed by atoms with van der Waals surface area (Å²) in [6.45, 7) is 2.66. The van der Waals surface area contributed by atoms with Gasteiger partial charge in [0.25, 0.3) is 0 Å². The quantitative estimate of drug-likeness (QED) is 0.675. The Bertz CT molecular complexity index is 669. The molecule has 0 fully saturated rings. The minimum Gasteiger partial charge on any atom is -0.496 e. The second kappa shape index (κ2) is 8.66. The molecular formula is C16H20FN5O2. The number of benzene rings is 1. The third-order valence-electron chi connectivity index (χ3n) is 3.29. The molecule has 0 saturated heterocycles. The van der Waals surface area contributed by atoms with E-state index in [0.29, 0.717) is 30.2 Å². The lowest BCUT2D eigenvalue weighted by molar-refractivity contribution is 0.238. The van der Waals surface area contributed by atoms with E-state index in [2.05, 4.69) is 25.9 Å². The van der Waals surface area contributed by atoms with Gasteiger partial charge in [0.15, 0.2) is 0 Å². The largest absolute Gasteiger partial charge is 0.496 e. The maximum Gasteiger partial charge on any atom is 0.315 e. The molecule has 8 heteroatoms. The molecular weight excluding hydrogens is 313 g/mol. The van der Waals surface area contributed by atoms with Crippen LogP contribution in [0.25, 0.3) is 0 Å². The molecule has 0 aliphatic rings. The van der Waals surface area contributed by atoms with E-state index in [0.717, 1.165) is 0 Å². The molecule has 0 radical (unpaired) electrons. The Morgan fingerprint density at radius 1 is 1.33 bits per heavy atom. The monoisotopic (exact) mass is 333 g/mol. The summed E-state index contributed by atoms with van der Waals surface area (Å²) in [7, 11) is 1.50. The number of hydrogen-bond donors (Lipinski definition) is 3. The number of halogens is 1. The van der Waals surface area contributed by atoms with Gasteiger partial charge in [0.1, 0.15) is 17.4 Å². The van der Waals surface area contributed by atoms with Crippen molar-refractivity contribution in [1.29, 1.82) is 0 Å². The summed E-state index contributed by atoms with van der Waals surface area (Å²) in [4.78, 5) is 19.9. The lowest BCUT2D eigenvalue weighted by atomic mass is 10.1. The first-order valence-corrected chi connectivity index (χ1v) is 7.48. The van der Waals surface area contributed by atoms with Crippen LogP contribution >= 0.6 is 0 Å². The molecule has 1 atom stereocenters. The number of aromatic nitrogens is 2. The zero-order chi connectivity index (χ0) is 17.4. The van der Waals surface area contributed by atoms with E-state index in [1.165, 1.54) is 25.3 Å². The van der Waals surface area contributed by atoms with Crippen LogP contribution in [0.5, 0.6) is 5.75 Å². The number of ether oxygens (including phenoxy) is 1. The Kier molecular flexibility index (Phi) is 6.30. The molecule has 0 unspecified atom stereocenters. The van der Waals surface area contributed by atoms with Crippen LogP contribution in [-0.4, -0.2) is 36.2 Å². The van der Waals surface area contributed by atoms with Crippen LogP contribution in [0, 0.1) is 5.82 Å². The average molecular weight is 333 g/mol. The van der Waals surface area contributed by atoms with Gasteiger partial charge in [-0.2, -0.15) is 0 Å². The van der Waals surface area contributed by atoms with Crippen molar-refractivity contribution in [3.63, 3.8) is 0 Å². The van der Waals surface area contributed by atoms with Crippen molar-refractivity contribution < 1.29 is 13.9 Å². The molecule has 2 amide bonds. The van der Waals surface area contributed by atoms with Gasteiger partial charge in [-0.1, -0.05) is 0 Å². The Morgan fingerprint density at radius 2 is 2.17 bits per heavy atom. The SMILES string of the molecule is COc1ccc(F)cc1[C@H](C)NC(=O)NCCNc1cnccn1. The number of nitrogens with one attached hydrogen (secondary N) is 3. The smallest absolute Gasteiger partial charge is 0.315 e. The number of methoxy groups -OCH3 is 1. The molecule has 0 bridgehead atoms. The zero-order valence-corrected chi connectivity index (χ0v) is 13.5. The number of rotatable bonds is 7. The van der Waals surface area contributed by atoms with Crippen LogP contribution in [0.15, 0.2) is 36.8 Å². The van der Waals surface area contributed by atoms with E-state index in [9.17, 15) is 9.18 Å². The van der Waals surface area contributed by atoms with Gasteiger partial charge in [0.2, 0.25) is 0 Å². The number of carbonyl (C=O) groups is 1. The van der Waals surface area contributed by atoms with Crippen LogP contribution in [-0.2, 0) is 0 Å². The second-order valence-corrected chi connectivity index (χ2v) is 5.03. The summed E-state index contributed by atoms with van der Waals surface area (Å²) in [5, 5.41) is 8.48. The maximum atomic E-state index is 13.4. The highest BCUT2D eigenvalue weighted by Crippen LogP contribution is 2.25. The molecule has 0 spiro atoms. The first kappa shape index (κ1) is 17.5. The van der Waals surface area contributed by atoms with E-state index < -0.39 is 6.04 Å². The molecule has 3 N–H and O–H groups in total. The van der Waals surface area contributed by atoms with Crippen molar-refractivity contribution in [3.05, 3.63) is 48.2 Å². The molecule has 128 valence electrons. The van der Waals surface area contributed by atoms with Gasteiger partial charge >= 0.3 is 6.03 Å². The van der Waals surface area contributed by atoms with E-state index >= 15 is 0 Å². The van der Waals surface area contributed by atoms with E-state index in [-0.39, 0.29) is 11.8 Å². The van der Waals surface area contributed by atoms with Crippen LogP contribution in [0.4, 0.5) is 15.0 Å². The van der Waals surface area contributed by atoms with Crippen LogP contribution in [0.2, 0.25) is 0 Å². The van der Waals surface area contributed by atoms with Gasteiger partial charge in [0, 0.05) is 31.0 Å². The normalized spacial score (nSPS) is 11.5. The highest BCUT2D eigenvalue weighted by Gasteiger charge is 2.14. The van der Waals surface area contributed by atoms with Crippen LogP contribution < -0.4 is 20.7 Å². The van der Waals surface area contributed by atoms with Crippen molar-refractivity contribution in [2.45, 2.75) is 13.0 Å². The molecule has 2 rings (SSSR count). The van der Waals surface area contributed by atoms with Crippen molar-refractivity contribution in [2.75, 3.05) is 25.5 Å². The molecule has 0 saturated carbocycles. The van der Waals surface area contributed by atoms with Crippen molar-refractivity contribution in [3.8, 4) is 5.75 Å². The Labute approximate surface area is 139 Å². The van der Waals surface area contributed by atoms with E-state index in [1.54, 1.807) is 25.5 Å². The lowest BCUT2D eigenvalue weighted by Gasteiger charge is -2.18. The third-order valence-corrected chi connectivity index (χ3v) is 3.29. The lowest BCUT2D eigenvalue weighted by Crippen LogP contribution is -2.39. The Balaban J connectivity index is 1.78. The number of hydrogen-bond acceptors (Lipinski definition) is 5. The summed E-state index contributed by atoms with van der Waals surface area (Å²) in [5.41, 5.74) is 0.574. The average Bonchev–Trinajstić information content (AvgIpc) is 2.59. The number of amides is 2. The second-order valence-electron chi connectivity index (χ2n) is 5.03. The molecule has 7 nitrogen and oxygen atoms in total. The van der Waals surface area contributed by atoms with Gasteiger partial charge in [-0.25, -0.2) is 14.2 Å². The summed E-state index contributed by atoms with van der Waals surface area (Å²) in [6, 6.07) is 3.44. The van der Waals surface area contributed by atoms with Crippen LogP contribution in [0.3, 0.4) is 0 Å². The maximum absolute atomic E-state index is 13.4. The summed E-state index contributed by atoms with van der Waals surface area (Å²) in [6.07, 6.45) is 4.76. The topological polar surface area (TPSA) is 88.2 Å². The minimum atomic E-state index is -0.399. The molecule has 0 aliphatic heterocycles. The van der Waals surface area contributed by atoms with Gasteiger partial charge in [-0.15, -0.1) is 0 Å². The minimum absolute atomic E-state index is 0.352. The van der Waals surface area contributed by atoms with E-state index in [1.807, 2.05) is 0 Å². The fourth-order valence-electron chi connectivity index (χ4n) is 2.13. The Morgan fingerprint density at radius 3 is 2.88 bits per heavy atom. The van der Waals surface area contributed by atoms with Gasteiger partial charge in [-0.05, 0) is 25.1 Å². The predicted molar refractivity (Wildman–Crippen MR) is 88.4 cm³/mol. The van der Waals surface area contributed by atoms with Gasteiger partial charge in [-0.3, -0.25) is 4.98 Å². The molecule has 1 aromatic carbocycles. The van der Waals surface area contributed by atoms with Gasteiger partial charge in [0.05, 0.1) is 19.3 Å². The van der Waals surface area contributed by atoms with Crippen LogP contribution in [0.1, 0.15) is 18.5 Å². The third kappa shape index (κ3) is 5.08. The molecule has 1 aromatic heterocycles. The first-order chi connectivity index (χ1) is 11.6. The molecule has 0 aliphatic carbocycles. The standard InChI is InChI=1S/C16H20FN5O2/c1-11(13-9-12(17)3-4-14(13)24-2)22-16(23)21-8-7-20-15-10-18-5-6-19-15/h3-6,9-11H,7-8H2,1-2H3,(H,19,20)(H2,21,22,23)/t11-/m0/s1. The number of urea groups is 1. The van der Waals surface area contributed by atoms with E-state index in [4.69, 9.17) is 4.74 Å². The van der Waals surface area contributed by atoms with Crippen molar-refractivity contribution in [2.24, 2.45) is 0 Å². The summed E-state index contributed by atoms with van der Waals surface area (Å²) >= 11 is 0. The Hall–Kier alpha value is -2.90. The highest BCUT2D eigenvalue weighted by atomic mass is 19.1. The molecule has 24 heavy (non-hydrogen) atoms. The zero-order valence-electron chi connectivity index (χ0n) is 13.5. The highest BCUT2D eigenvalue weighted by molar-refractivity contribution is 5.74. The molecule has 1 heterocycles. The fraction of sp³-hybridized carbons (Fsp3) is 0.312. The fourth-order valence-corrected chi connectivity index (χ4v) is 2.13. The number of nitrogens with zero attached hydrogens (tertiary/aromatic N) is 2. The summed E-state index contributed by atoms with van der Waals surface area (Å²) < 4.78 is 18.6. The van der Waals surface area contributed by atoms with Crippen molar-refractivity contribution >= 4 is 11.8 Å².